The zero-order valence-electron chi connectivity index (χ0n) is 11.7. The Labute approximate surface area is 116 Å². The van der Waals surface area contributed by atoms with Gasteiger partial charge in [0.05, 0.1) is 13.2 Å². The fraction of sp³-hybridized carbons (Fsp3) is 0.833. The van der Waals surface area contributed by atoms with Crippen molar-refractivity contribution in [3.63, 3.8) is 0 Å². The second-order valence-electron chi connectivity index (χ2n) is 4.74. The third kappa shape index (κ3) is 7.96. The van der Waals surface area contributed by atoms with E-state index in [9.17, 15) is 9.59 Å². The average molecular weight is 290 g/mol. The lowest BCUT2D eigenvalue weighted by atomic mass is 10.2. The van der Waals surface area contributed by atoms with Crippen molar-refractivity contribution in [2.75, 3.05) is 19.8 Å². The molecule has 0 amide bonds. The normalized spacial score (nSPS) is 19.2. The topological polar surface area (TPSA) is 74.4 Å². The number of esters is 2. The molecule has 0 aliphatic carbocycles. The quantitative estimate of drug-likeness (QED) is 0.192. The van der Waals surface area contributed by atoms with E-state index in [0.717, 1.165) is 29.7 Å². The smallest absolute Gasteiger partial charge is 0.305 e. The Morgan fingerprint density at radius 2 is 1.89 bits per heavy atom. The van der Waals surface area contributed by atoms with E-state index in [0.29, 0.717) is 13.2 Å². The van der Waals surface area contributed by atoms with Gasteiger partial charge in [0.1, 0.15) is 6.10 Å². The maximum Gasteiger partial charge on any atom is 0.305 e. The molecule has 0 aromatic carbocycles. The van der Waals surface area contributed by atoms with Crippen LogP contribution < -0.4 is 0 Å². The van der Waals surface area contributed by atoms with Gasteiger partial charge in [0.25, 0.3) is 0 Å². The van der Waals surface area contributed by atoms with Crippen molar-refractivity contribution in [1.82, 2.24) is 0 Å². The fourth-order valence-electron chi connectivity index (χ4n) is 1.61. The minimum absolute atomic E-state index is 0.0774. The maximum atomic E-state index is 11.0. The molecule has 1 aliphatic rings. The van der Waals surface area contributed by atoms with Crippen molar-refractivity contribution in [1.29, 1.82) is 0 Å². The minimum atomic E-state index is -0.756. The summed E-state index contributed by atoms with van der Waals surface area (Å²) in [5, 5.41) is 0. The first-order valence-electron chi connectivity index (χ1n) is 6.53. The van der Waals surface area contributed by atoms with E-state index >= 15 is 0 Å². The monoisotopic (exact) mass is 290 g/mol. The van der Waals surface area contributed by atoms with Gasteiger partial charge in [0, 0.05) is 36.2 Å². The van der Waals surface area contributed by atoms with E-state index in [1.54, 1.807) is 0 Å². The lowest BCUT2D eigenvalue weighted by Gasteiger charge is -2.22. The van der Waals surface area contributed by atoms with E-state index in [-0.39, 0.29) is 11.6 Å². The van der Waals surface area contributed by atoms with Crippen LogP contribution in [0.15, 0.2) is 0 Å². The second kappa shape index (κ2) is 8.29. The highest BCUT2D eigenvalue weighted by Gasteiger charge is 2.24. The van der Waals surface area contributed by atoms with Crippen molar-refractivity contribution < 1.29 is 28.5 Å². The standard InChI is InChI=1S/C12H22O6Si/c1-8(13)17-12(18-9(2)14)11(19)4-3-5-15-6-10-7-16-10/h10-12H,3-7H2,1-2,19H3. The van der Waals surface area contributed by atoms with Gasteiger partial charge in [-0.05, 0) is 12.8 Å². The molecule has 0 N–H and O–H groups in total. The molecule has 2 atom stereocenters. The zero-order valence-corrected chi connectivity index (χ0v) is 13.7. The third-order valence-corrected chi connectivity index (χ3v) is 3.80. The fourth-order valence-corrected chi connectivity index (χ4v) is 2.29. The van der Waals surface area contributed by atoms with Crippen molar-refractivity contribution in [2.24, 2.45) is 0 Å². The lowest BCUT2D eigenvalue weighted by molar-refractivity contribution is -0.185. The van der Waals surface area contributed by atoms with Gasteiger partial charge in [-0.25, -0.2) is 0 Å². The molecule has 2 unspecified atom stereocenters. The van der Waals surface area contributed by atoms with E-state index < -0.39 is 18.2 Å². The summed E-state index contributed by atoms with van der Waals surface area (Å²) in [5.74, 6) is -0.872. The summed E-state index contributed by atoms with van der Waals surface area (Å²) in [7, 11) is 0.776. The molecule has 0 spiro atoms. The highest BCUT2D eigenvalue weighted by molar-refractivity contribution is 6.12. The molecule has 0 radical (unpaired) electrons. The lowest BCUT2D eigenvalue weighted by Crippen LogP contribution is -2.27. The predicted molar refractivity (Wildman–Crippen MR) is 70.8 cm³/mol. The third-order valence-electron chi connectivity index (χ3n) is 2.68. The van der Waals surface area contributed by atoms with Gasteiger partial charge >= 0.3 is 11.9 Å². The molecule has 6 nitrogen and oxygen atoms in total. The van der Waals surface area contributed by atoms with Crippen LogP contribution in [-0.4, -0.2) is 54.4 Å². The summed E-state index contributed by atoms with van der Waals surface area (Å²) >= 11 is 0. The number of epoxide rings is 1. The molecule has 1 heterocycles. The molecule has 1 saturated heterocycles. The first-order valence-corrected chi connectivity index (χ1v) is 7.68. The van der Waals surface area contributed by atoms with Gasteiger partial charge < -0.3 is 18.9 Å². The van der Waals surface area contributed by atoms with Crippen LogP contribution in [0.25, 0.3) is 0 Å². The molecule has 1 rings (SSSR count). The molecule has 1 aliphatic heterocycles. The molecule has 0 aromatic rings. The van der Waals surface area contributed by atoms with Crippen molar-refractivity contribution in [3.8, 4) is 0 Å². The molecule has 1 fully saturated rings. The minimum Gasteiger partial charge on any atom is -0.425 e. The van der Waals surface area contributed by atoms with Gasteiger partial charge in [-0.15, -0.1) is 0 Å². The molecule has 0 bridgehead atoms. The van der Waals surface area contributed by atoms with E-state index in [4.69, 9.17) is 18.9 Å². The van der Waals surface area contributed by atoms with Gasteiger partial charge in [-0.3, -0.25) is 9.59 Å². The highest BCUT2D eigenvalue weighted by Crippen LogP contribution is 2.19. The van der Waals surface area contributed by atoms with Crippen LogP contribution in [0.1, 0.15) is 26.7 Å². The molecular formula is C12H22O6Si. The van der Waals surface area contributed by atoms with Crippen LogP contribution in [0, 0.1) is 0 Å². The van der Waals surface area contributed by atoms with Crippen LogP contribution in [0.5, 0.6) is 0 Å². The van der Waals surface area contributed by atoms with Gasteiger partial charge in [0.2, 0.25) is 6.29 Å². The maximum absolute atomic E-state index is 11.0. The highest BCUT2D eigenvalue weighted by atomic mass is 28.1. The largest absolute Gasteiger partial charge is 0.425 e. The molecule has 110 valence electrons. The number of ether oxygens (including phenoxy) is 4. The predicted octanol–water partition coefficient (Wildman–Crippen LogP) is -0.212. The van der Waals surface area contributed by atoms with E-state index in [1.165, 1.54) is 13.8 Å². The molecule has 0 aromatic heterocycles. The van der Waals surface area contributed by atoms with Crippen LogP contribution >= 0.6 is 0 Å². The Balaban J connectivity index is 2.18. The van der Waals surface area contributed by atoms with E-state index in [1.807, 2.05) is 0 Å². The summed E-state index contributed by atoms with van der Waals surface area (Å²) in [6, 6.07) is 0. The molecule has 7 heteroatoms. The number of hydrogen-bond donors (Lipinski definition) is 0. The summed E-state index contributed by atoms with van der Waals surface area (Å²) in [6.07, 6.45) is 1.18. The number of carbonyl (C=O) groups is 2. The van der Waals surface area contributed by atoms with E-state index in [2.05, 4.69) is 0 Å². The summed E-state index contributed by atoms with van der Waals surface area (Å²) in [6.45, 7) is 4.70. The summed E-state index contributed by atoms with van der Waals surface area (Å²) in [4.78, 5) is 21.9. The van der Waals surface area contributed by atoms with Crippen molar-refractivity contribution >= 4 is 22.2 Å². The van der Waals surface area contributed by atoms with Crippen LogP contribution in [0.2, 0.25) is 5.54 Å². The summed E-state index contributed by atoms with van der Waals surface area (Å²) in [5.41, 5.74) is 0.0774. The number of hydrogen-bond acceptors (Lipinski definition) is 6. The first-order chi connectivity index (χ1) is 8.99. The molecular weight excluding hydrogens is 268 g/mol. The van der Waals surface area contributed by atoms with Crippen LogP contribution in [0.3, 0.4) is 0 Å². The van der Waals surface area contributed by atoms with Gasteiger partial charge in [-0.2, -0.15) is 0 Å². The SMILES string of the molecule is CC(=O)OC(OC(C)=O)C([SiH3])CCCOCC1CO1. The average Bonchev–Trinajstić information content (AvgIpc) is 3.10. The molecule has 19 heavy (non-hydrogen) atoms. The first kappa shape index (κ1) is 16.1. The molecule has 0 saturated carbocycles. The Morgan fingerprint density at radius 1 is 1.32 bits per heavy atom. The van der Waals surface area contributed by atoms with Crippen LogP contribution in [0.4, 0.5) is 0 Å². The number of carbonyl (C=O) groups excluding carboxylic acids is 2. The second-order valence-corrected chi connectivity index (χ2v) is 6.22. The van der Waals surface area contributed by atoms with Crippen molar-refractivity contribution in [2.45, 2.75) is 44.6 Å². The summed E-state index contributed by atoms with van der Waals surface area (Å²) < 4.78 is 20.5. The zero-order chi connectivity index (χ0) is 14.3. The van der Waals surface area contributed by atoms with Gasteiger partial charge in [0.15, 0.2) is 0 Å². The Bertz CT molecular complexity index is 289. The van der Waals surface area contributed by atoms with Gasteiger partial charge in [-0.1, -0.05) is 0 Å². The van der Waals surface area contributed by atoms with Crippen LogP contribution in [-0.2, 0) is 28.5 Å². The Morgan fingerprint density at radius 3 is 2.37 bits per heavy atom. The Hall–Kier alpha value is -0.923. The number of rotatable bonds is 9. The Kier molecular flexibility index (Phi) is 7.04. The van der Waals surface area contributed by atoms with Crippen molar-refractivity contribution in [3.05, 3.63) is 0 Å².